The summed E-state index contributed by atoms with van der Waals surface area (Å²) in [6.07, 6.45) is 7.98. The molecule has 0 aliphatic carbocycles. The maximum Gasteiger partial charge on any atom is 0.0726 e. The summed E-state index contributed by atoms with van der Waals surface area (Å²) in [5.41, 5.74) is 1.08. The summed E-state index contributed by atoms with van der Waals surface area (Å²) in [7, 11) is 0. The lowest BCUT2D eigenvalue weighted by Gasteiger charge is -2.12. The molecule has 0 bridgehead atoms. The van der Waals surface area contributed by atoms with E-state index in [-0.39, 0.29) is 0 Å². The summed E-state index contributed by atoms with van der Waals surface area (Å²) >= 11 is 0. The van der Waals surface area contributed by atoms with Crippen LogP contribution in [0.2, 0.25) is 0 Å². The smallest absolute Gasteiger partial charge is 0.0726 e. The summed E-state index contributed by atoms with van der Waals surface area (Å²) in [6.45, 7) is 3.40. The van der Waals surface area contributed by atoms with Gasteiger partial charge in [-0.1, -0.05) is 0 Å². The highest BCUT2D eigenvalue weighted by Crippen LogP contribution is 2.09. The Bertz CT molecular complexity index is 229. The maximum atomic E-state index is 4.24. The first-order chi connectivity index (χ1) is 5.95. The first-order valence-corrected chi connectivity index (χ1v) is 4.42. The van der Waals surface area contributed by atoms with E-state index in [0.29, 0.717) is 0 Å². The van der Waals surface area contributed by atoms with Gasteiger partial charge in [0.15, 0.2) is 0 Å². The van der Waals surface area contributed by atoms with Crippen LogP contribution in [0.4, 0.5) is 0 Å². The van der Waals surface area contributed by atoms with Crippen molar-refractivity contribution < 1.29 is 0 Å². The van der Waals surface area contributed by atoms with Gasteiger partial charge in [0.1, 0.15) is 0 Å². The van der Waals surface area contributed by atoms with E-state index in [9.17, 15) is 0 Å². The van der Waals surface area contributed by atoms with Crippen LogP contribution >= 0.6 is 0 Å². The third kappa shape index (κ3) is 1.80. The zero-order valence-corrected chi connectivity index (χ0v) is 7.11. The van der Waals surface area contributed by atoms with Crippen LogP contribution in [0.15, 0.2) is 18.6 Å². The predicted molar refractivity (Wildman–Crippen MR) is 46.5 cm³/mol. The standard InChI is InChI=1S/C9H13N3/c1-2-6-12(5-1)8-9-7-10-3-4-11-9/h3-4,7H,1-2,5-6,8H2. The van der Waals surface area contributed by atoms with Gasteiger partial charge < -0.3 is 0 Å². The first-order valence-electron chi connectivity index (χ1n) is 4.42. The molecule has 3 heteroatoms. The molecule has 3 nitrogen and oxygen atoms in total. The van der Waals surface area contributed by atoms with Crippen molar-refractivity contribution >= 4 is 0 Å². The molecule has 12 heavy (non-hydrogen) atoms. The van der Waals surface area contributed by atoms with Crippen LogP contribution in [0.5, 0.6) is 0 Å². The van der Waals surface area contributed by atoms with Gasteiger partial charge >= 0.3 is 0 Å². The van der Waals surface area contributed by atoms with Crippen LogP contribution in [0, 0.1) is 0 Å². The third-order valence-corrected chi connectivity index (χ3v) is 2.20. The second-order valence-electron chi connectivity index (χ2n) is 3.18. The monoisotopic (exact) mass is 163 g/mol. The van der Waals surface area contributed by atoms with Gasteiger partial charge in [-0.2, -0.15) is 0 Å². The molecule has 1 aromatic rings. The molecule has 0 amide bonds. The normalized spacial score (nSPS) is 18.3. The van der Waals surface area contributed by atoms with Crippen LogP contribution in [0.1, 0.15) is 18.5 Å². The van der Waals surface area contributed by atoms with Crippen LogP contribution in [-0.4, -0.2) is 28.0 Å². The molecule has 1 aliphatic heterocycles. The number of rotatable bonds is 2. The summed E-state index contributed by atoms with van der Waals surface area (Å²) in [6, 6.07) is 0. The Hall–Kier alpha value is -0.960. The molecule has 1 aliphatic rings. The Labute approximate surface area is 72.4 Å². The number of hydrogen-bond donors (Lipinski definition) is 0. The minimum atomic E-state index is 0.966. The topological polar surface area (TPSA) is 29.0 Å². The van der Waals surface area contributed by atoms with Gasteiger partial charge in [-0.15, -0.1) is 0 Å². The van der Waals surface area contributed by atoms with Crippen LogP contribution < -0.4 is 0 Å². The van der Waals surface area contributed by atoms with Gasteiger partial charge in [0.2, 0.25) is 0 Å². The molecule has 64 valence electrons. The molecule has 2 rings (SSSR count). The van der Waals surface area contributed by atoms with Gasteiger partial charge in [0, 0.05) is 25.1 Å². The zero-order valence-electron chi connectivity index (χ0n) is 7.11. The summed E-state index contributed by atoms with van der Waals surface area (Å²) in [4.78, 5) is 10.7. The SMILES string of the molecule is c1cnc(CN2CCCC2)cn1. The van der Waals surface area contributed by atoms with Crippen LogP contribution in [-0.2, 0) is 6.54 Å². The molecule has 0 aromatic carbocycles. The number of nitrogens with zero attached hydrogens (tertiary/aromatic N) is 3. The van der Waals surface area contributed by atoms with Crippen molar-refractivity contribution in [3.8, 4) is 0 Å². The van der Waals surface area contributed by atoms with Crippen molar-refractivity contribution in [1.29, 1.82) is 0 Å². The van der Waals surface area contributed by atoms with Crippen molar-refractivity contribution in [2.24, 2.45) is 0 Å². The summed E-state index contributed by atoms with van der Waals surface area (Å²) in [5, 5.41) is 0. The van der Waals surface area contributed by atoms with Crippen molar-refractivity contribution in [3.63, 3.8) is 0 Å². The lowest BCUT2D eigenvalue weighted by molar-refractivity contribution is 0.326. The number of aromatic nitrogens is 2. The van der Waals surface area contributed by atoms with Gasteiger partial charge in [-0.05, 0) is 25.9 Å². The Morgan fingerprint density at radius 3 is 2.75 bits per heavy atom. The Balaban J connectivity index is 1.94. The highest BCUT2D eigenvalue weighted by atomic mass is 15.1. The molecule has 1 aromatic heterocycles. The Morgan fingerprint density at radius 2 is 2.08 bits per heavy atom. The molecule has 0 N–H and O–H groups in total. The lowest BCUT2D eigenvalue weighted by atomic mass is 10.4. The van der Waals surface area contributed by atoms with E-state index in [4.69, 9.17) is 0 Å². The molecule has 0 radical (unpaired) electrons. The number of likely N-dealkylation sites (tertiary alicyclic amines) is 1. The van der Waals surface area contributed by atoms with Gasteiger partial charge in [0.25, 0.3) is 0 Å². The Kier molecular flexibility index (Phi) is 2.32. The quantitative estimate of drug-likeness (QED) is 0.653. The fourth-order valence-electron chi connectivity index (χ4n) is 1.58. The molecule has 1 fully saturated rings. The van der Waals surface area contributed by atoms with Crippen molar-refractivity contribution in [2.75, 3.05) is 13.1 Å². The van der Waals surface area contributed by atoms with E-state index in [1.807, 2.05) is 6.20 Å². The van der Waals surface area contributed by atoms with Crippen molar-refractivity contribution in [1.82, 2.24) is 14.9 Å². The zero-order chi connectivity index (χ0) is 8.23. The minimum absolute atomic E-state index is 0.966. The predicted octanol–water partition coefficient (Wildman–Crippen LogP) is 1.07. The van der Waals surface area contributed by atoms with Gasteiger partial charge in [-0.25, -0.2) is 0 Å². The van der Waals surface area contributed by atoms with E-state index in [1.54, 1.807) is 12.4 Å². The molecule has 0 spiro atoms. The van der Waals surface area contributed by atoms with E-state index in [0.717, 1.165) is 12.2 Å². The maximum absolute atomic E-state index is 4.24. The van der Waals surface area contributed by atoms with Crippen molar-refractivity contribution in [3.05, 3.63) is 24.3 Å². The molecule has 0 saturated carbocycles. The average molecular weight is 163 g/mol. The second-order valence-corrected chi connectivity index (χ2v) is 3.18. The second kappa shape index (κ2) is 3.63. The lowest BCUT2D eigenvalue weighted by Crippen LogP contribution is -2.19. The minimum Gasteiger partial charge on any atom is -0.297 e. The van der Waals surface area contributed by atoms with Gasteiger partial charge in [0.05, 0.1) is 5.69 Å². The van der Waals surface area contributed by atoms with E-state index in [2.05, 4.69) is 14.9 Å². The largest absolute Gasteiger partial charge is 0.297 e. The van der Waals surface area contributed by atoms with Crippen LogP contribution in [0.3, 0.4) is 0 Å². The van der Waals surface area contributed by atoms with Gasteiger partial charge in [-0.3, -0.25) is 14.9 Å². The van der Waals surface area contributed by atoms with Crippen LogP contribution in [0.25, 0.3) is 0 Å². The molecule has 2 heterocycles. The van der Waals surface area contributed by atoms with E-state index >= 15 is 0 Å². The fraction of sp³-hybridized carbons (Fsp3) is 0.556. The summed E-state index contributed by atoms with van der Waals surface area (Å²) in [5.74, 6) is 0. The van der Waals surface area contributed by atoms with E-state index < -0.39 is 0 Å². The first kappa shape index (κ1) is 7.68. The molecular formula is C9H13N3. The molecule has 0 unspecified atom stereocenters. The fourth-order valence-corrected chi connectivity index (χ4v) is 1.58. The molecule has 1 saturated heterocycles. The molecular weight excluding hydrogens is 150 g/mol. The molecule has 0 atom stereocenters. The highest BCUT2D eigenvalue weighted by Gasteiger charge is 2.11. The summed E-state index contributed by atoms with van der Waals surface area (Å²) < 4.78 is 0. The van der Waals surface area contributed by atoms with Crippen molar-refractivity contribution in [2.45, 2.75) is 19.4 Å². The highest BCUT2D eigenvalue weighted by molar-refractivity contribution is 4.94. The average Bonchev–Trinajstić information content (AvgIpc) is 2.59. The number of hydrogen-bond acceptors (Lipinski definition) is 3. The third-order valence-electron chi connectivity index (χ3n) is 2.20. The van der Waals surface area contributed by atoms with E-state index in [1.165, 1.54) is 25.9 Å². The Morgan fingerprint density at radius 1 is 1.25 bits per heavy atom.